The highest BCUT2D eigenvalue weighted by Gasteiger charge is 2.36. The minimum absolute atomic E-state index is 0.0647. The number of hydrogen-bond acceptors (Lipinski definition) is 6. The van der Waals surface area contributed by atoms with Gasteiger partial charge in [-0.1, -0.05) is 12.1 Å². The van der Waals surface area contributed by atoms with Crippen molar-refractivity contribution in [3.8, 4) is 5.75 Å². The van der Waals surface area contributed by atoms with Gasteiger partial charge in [-0.3, -0.25) is 14.6 Å². The Morgan fingerprint density at radius 2 is 1.69 bits per heavy atom. The molecular weight excluding hydrogens is 478 g/mol. The largest absolute Gasteiger partial charge is 0.494 e. The molecule has 2 amide bonds. The van der Waals surface area contributed by atoms with Crippen LogP contribution >= 0.6 is 0 Å². The van der Waals surface area contributed by atoms with E-state index in [0.717, 1.165) is 4.31 Å². The summed E-state index contributed by atoms with van der Waals surface area (Å²) in [6.07, 6.45) is 2.86. The Hall–Kier alpha value is -4.24. The third-order valence-electron chi connectivity index (χ3n) is 6.07. The molecule has 36 heavy (non-hydrogen) atoms. The Morgan fingerprint density at radius 3 is 2.36 bits per heavy atom. The minimum Gasteiger partial charge on any atom is -0.494 e. The Morgan fingerprint density at radius 1 is 0.972 bits per heavy atom. The number of carbonyl (C=O) groups excluding carboxylic acids is 2. The SMILES string of the molecule is CCOc1ccc(N(C(=O)c2ccncc2)S(=O)(=O)c2ccc3c4c(cccc24)C(=O)N3CC)cc1. The van der Waals surface area contributed by atoms with Crippen molar-refractivity contribution in [1.82, 2.24) is 4.98 Å². The fourth-order valence-electron chi connectivity index (χ4n) is 4.48. The summed E-state index contributed by atoms with van der Waals surface area (Å²) in [6.45, 7) is 4.61. The lowest BCUT2D eigenvalue weighted by atomic mass is 10.1. The van der Waals surface area contributed by atoms with E-state index in [1.807, 2.05) is 13.8 Å². The van der Waals surface area contributed by atoms with Gasteiger partial charge in [0, 0.05) is 40.8 Å². The first-order valence-corrected chi connectivity index (χ1v) is 12.9. The quantitative estimate of drug-likeness (QED) is 0.366. The first-order valence-electron chi connectivity index (χ1n) is 11.5. The molecule has 5 rings (SSSR count). The maximum Gasteiger partial charge on any atom is 0.272 e. The van der Waals surface area contributed by atoms with E-state index < -0.39 is 15.9 Å². The summed E-state index contributed by atoms with van der Waals surface area (Å²) in [6, 6.07) is 17.3. The number of nitrogens with zero attached hydrogens (tertiary/aromatic N) is 3. The van der Waals surface area contributed by atoms with Crippen LogP contribution in [0.1, 0.15) is 34.6 Å². The van der Waals surface area contributed by atoms with Gasteiger partial charge in [0.05, 0.1) is 22.9 Å². The van der Waals surface area contributed by atoms with E-state index >= 15 is 0 Å². The average molecular weight is 502 g/mol. The lowest BCUT2D eigenvalue weighted by Crippen LogP contribution is -2.37. The van der Waals surface area contributed by atoms with E-state index in [2.05, 4.69) is 4.98 Å². The lowest BCUT2D eigenvalue weighted by molar-refractivity contribution is 0.0990. The van der Waals surface area contributed by atoms with Crippen LogP contribution in [0.15, 0.2) is 84.0 Å². The average Bonchev–Trinajstić information content (AvgIpc) is 3.18. The molecule has 4 aromatic rings. The second kappa shape index (κ2) is 9.09. The molecule has 1 aliphatic rings. The van der Waals surface area contributed by atoms with Crippen molar-refractivity contribution in [3.05, 3.63) is 90.3 Å². The van der Waals surface area contributed by atoms with Gasteiger partial charge in [0.15, 0.2) is 0 Å². The van der Waals surface area contributed by atoms with Gasteiger partial charge in [-0.15, -0.1) is 0 Å². The highest BCUT2D eigenvalue weighted by atomic mass is 32.2. The first-order chi connectivity index (χ1) is 17.4. The van der Waals surface area contributed by atoms with Crippen LogP contribution in [0, 0.1) is 0 Å². The van der Waals surface area contributed by atoms with Gasteiger partial charge in [0.25, 0.3) is 21.8 Å². The molecule has 0 aliphatic carbocycles. The van der Waals surface area contributed by atoms with Gasteiger partial charge in [-0.2, -0.15) is 4.31 Å². The van der Waals surface area contributed by atoms with Crippen LogP contribution in [-0.2, 0) is 10.0 Å². The van der Waals surface area contributed by atoms with Crippen molar-refractivity contribution in [1.29, 1.82) is 0 Å². The summed E-state index contributed by atoms with van der Waals surface area (Å²) in [4.78, 5) is 32.0. The second-order valence-electron chi connectivity index (χ2n) is 8.10. The van der Waals surface area contributed by atoms with Crippen LogP contribution in [-0.4, -0.2) is 38.4 Å². The molecular formula is C27H23N3O5S. The zero-order chi connectivity index (χ0) is 25.4. The van der Waals surface area contributed by atoms with Gasteiger partial charge >= 0.3 is 0 Å². The molecule has 9 heteroatoms. The van der Waals surface area contributed by atoms with Crippen LogP contribution in [0.2, 0.25) is 0 Å². The fourth-order valence-corrected chi connectivity index (χ4v) is 6.09. The summed E-state index contributed by atoms with van der Waals surface area (Å²) in [7, 11) is -4.41. The number of amides is 2. The van der Waals surface area contributed by atoms with Crippen molar-refractivity contribution in [2.45, 2.75) is 18.7 Å². The third-order valence-corrected chi connectivity index (χ3v) is 7.84. The van der Waals surface area contributed by atoms with E-state index in [9.17, 15) is 18.0 Å². The molecule has 2 heterocycles. The monoisotopic (exact) mass is 501 g/mol. The van der Waals surface area contributed by atoms with Gasteiger partial charge < -0.3 is 9.64 Å². The van der Waals surface area contributed by atoms with Gasteiger partial charge in [-0.05, 0) is 68.4 Å². The fraction of sp³-hybridized carbons (Fsp3) is 0.148. The summed E-state index contributed by atoms with van der Waals surface area (Å²) < 4.78 is 34.7. The standard InChI is InChI=1S/C27H23N3O5S/c1-3-29-23-12-13-24(21-6-5-7-22(25(21)23)27(29)32)36(33,34)30(26(31)18-14-16-28-17-15-18)19-8-10-20(11-9-19)35-4-2/h5-17H,3-4H2,1-2H3. The van der Waals surface area contributed by atoms with E-state index in [0.29, 0.717) is 40.9 Å². The van der Waals surface area contributed by atoms with E-state index in [4.69, 9.17) is 4.74 Å². The molecule has 3 aromatic carbocycles. The number of benzene rings is 3. The normalized spacial score (nSPS) is 12.7. The van der Waals surface area contributed by atoms with Gasteiger partial charge in [0.2, 0.25) is 0 Å². The van der Waals surface area contributed by atoms with Gasteiger partial charge in [0.1, 0.15) is 5.75 Å². The number of aromatic nitrogens is 1. The molecule has 0 N–H and O–H groups in total. The number of carbonyl (C=O) groups is 2. The Balaban J connectivity index is 1.71. The topological polar surface area (TPSA) is 96.9 Å². The summed E-state index contributed by atoms with van der Waals surface area (Å²) in [5.41, 5.74) is 1.42. The molecule has 0 atom stereocenters. The molecule has 0 unspecified atom stereocenters. The molecule has 0 spiro atoms. The molecule has 0 saturated carbocycles. The number of anilines is 2. The molecule has 0 fully saturated rings. The van der Waals surface area contributed by atoms with E-state index in [1.165, 1.54) is 42.7 Å². The van der Waals surface area contributed by atoms with Crippen LogP contribution in [0.4, 0.5) is 11.4 Å². The summed E-state index contributed by atoms with van der Waals surface area (Å²) >= 11 is 0. The Labute approximate surface area is 208 Å². The summed E-state index contributed by atoms with van der Waals surface area (Å²) in [5, 5.41) is 0.946. The minimum atomic E-state index is -4.41. The zero-order valence-electron chi connectivity index (χ0n) is 19.7. The number of sulfonamides is 1. The summed E-state index contributed by atoms with van der Waals surface area (Å²) in [5.74, 6) is -0.349. The van der Waals surface area contributed by atoms with Crippen LogP contribution in [0.5, 0.6) is 5.75 Å². The second-order valence-corrected chi connectivity index (χ2v) is 9.85. The molecule has 1 aromatic heterocycles. The molecule has 1 aliphatic heterocycles. The van der Waals surface area contributed by atoms with Crippen LogP contribution in [0.25, 0.3) is 10.8 Å². The number of rotatable bonds is 7. The van der Waals surface area contributed by atoms with Crippen molar-refractivity contribution in [2.75, 3.05) is 22.4 Å². The maximum atomic E-state index is 14.2. The van der Waals surface area contributed by atoms with Crippen molar-refractivity contribution in [2.24, 2.45) is 0 Å². The maximum absolute atomic E-state index is 14.2. The highest BCUT2D eigenvalue weighted by molar-refractivity contribution is 7.93. The van der Waals surface area contributed by atoms with E-state index in [1.54, 1.807) is 41.3 Å². The van der Waals surface area contributed by atoms with Crippen molar-refractivity contribution in [3.63, 3.8) is 0 Å². The Kier molecular flexibility index (Phi) is 5.93. The molecule has 8 nitrogen and oxygen atoms in total. The number of ether oxygens (including phenoxy) is 1. The first kappa shape index (κ1) is 23.5. The predicted molar refractivity (Wildman–Crippen MR) is 137 cm³/mol. The zero-order valence-corrected chi connectivity index (χ0v) is 20.5. The smallest absolute Gasteiger partial charge is 0.272 e. The molecule has 0 radical (unpaired) electrons. The number of hydrogen-bond donors (Lipinski definition) is 0. The number of pyridine rings is 1. The molecule has 182 valence electrons. The third kappa shape index (κ3) is 3.68. The van der Waals surface area contributed by atoms with Crippen LogP contribution in [0.3, 0.4) is 0 Å². The molecule has 0 saturated heterocycles. The lowest BCUT2D eigenvalue weighted by Gasteiger charge is -2.24. The van der Waals surface area contributed by atoms with E-state index in [-0.39, 0.29) is 22.1 Å². The van der Waals surface area contributed by atoms with Gasteiger partial charge in [-0.25, -0.2) is 8.42 Å². The molecule has 0 bridgehead atoms. The van der Waals surface area contributed by atoms with Crippen molar-refractivity contribution >= 4 is 44.0 Å². The van der Waals surface area contributed by atoms with Crippen LogP contribution < -0.4 is 13.9 Å². The van der Waals surface area contributed by atoms with Crippen molar-refractivity contribution < 1.29 is 22.7 Å². The Bertz CT molecular complexity index is 1590. The predicted octanol–water partition coefficient (Wildman–Crippen LogP) is 4.65. The highest BCUT2D eigenvalue weighted by Crippen LogP contribution is 2.41.